The van der Waals surface area contributed by atoms with E-state index < -0.39 is 0 Å². The van der Waals surface area contributed by atoms with Gasteiger partial charge in [0.2, 0.25) is 5.88 Å². The van der Waals surface area contributed by atoms with E-state index in [1.807, 2.05) is 0 Å². The molecule has 0 aliphatic heterocycles. The fourth-order valence-electron chi connectivity index (χ4n) is 2.87. The largest absolute Gasteiger partial charge is 0.403 e. The van der Waals surface area contributed by atoms with Crippen molar-refractivity contribution in [1.29, 1.82) is 0 Å². The van der Waals surface area contributed by atoms with E-state index in [2.05, 4.69) is 20.5 Å². The van der Waals surface area contributed by atoms with Crippen molar-refractivity contribution in [2.75, 3.05) is 0 Å². The lowest BCUT2D eigenvalue weighted by Gasteiger charge is -2.19. The second-order valence-electron chi connectivity index (χ2n) is 5.88. The molecule has 0 aliphatic carbocycles. The molecular formula is C17H11Cl3N6O2. The van der Waals surface area contributed by atoms with Gasteiger partial charge < -0.3 is 9.30 Å². The average Bonchev–Trinajstić information content (AvgIpc) is 3.04. The number of nitrogens with zero attached hydrogens (tertiary/aromatic N) is 6. The third-order valence-electron chi connectivity index (χ3n) is 4.07. The molecule has 0 saturated heterocycles. The van der Waals surface area contributed by atoms with Crippen LogP contribution in [0.2, 0.25) is 15.1 Å². The highest BCUT2D eigenvalue weighted by molar-refractivity contribution is 6.38. The van der Waals surface area contributed by atoms with E-state index in [1.54, 1.807) is 36.7 Å². The van der Waals surface area contributed by atoms with Crippen molar-refractivity contribution in [2.24, 2.45) is 7.05 Å². The summed E-state index contributed by atoms with van der Waals surface area (Å²) in [6, 6.07) is 6.63. The molecule has 0 radical (unpaired) electrons. The summed E-state index contributed by atoms with van der Waals surface area (Å²) in [5.74, 6) is 0.0132. The van der Waals surface area contributed by atoms with Gasteiger partial charge in [-0.25, -0.2) is 4.98 Å². The predicted octanol–water partition coefficient (Wildman–Crippen LogP) is 3.97. The van der Waals surface area contributed by atoms with E-state index in [4.69, 9.17) is 39.5 Å². The molecule has 4 aromatic rings. The second-order valence-corrected chi connectivity index (χ2v) is 7.10. The van der Waals surface area contributed by atoms with Crippen molar-refractivity contribution < 1.29 is 4.74 Å². The summed E-state index contributed by atoms with van der Waals surface area (Å²) in [5.41, 5.74) is 1.12. The van der Waals surface area contributed by atoms with Crippen LogP contribution in [0, 0.1) is 6.92 Å². The van der Waals surface area contributed by atoms with Crippen molar-refractivity contribution >= 4 is 45.7 Å². The lowest BCUT2D eigenvalue weighted by Crippen LogP contribution is -2.14. The van der Waals surface area contributed by atoms with Crippen molar-refractivity contribution in [3.63, 3.8) is 0 Å². The fourth-order valence-corrected chi connectivity index (χ4v) is 3.66. The molecular weight excluding hydrogens is 427 g/mol. The number of rotatable bonds is 3. The number of ether oxygens (including phenoxy) is 1. The highest BCUT2D eigenvalue weighted by atomic mass is 35.5. The third-order valence-corrected chi connectivity index (χ3v) is 4.95. The molecule has 0 fully saturated rings. The van der Waals surface area contributed by atoms with Gasteiger partial charge >= 0.3 is 6.01 Å². The molecule has 0 N–H and O–H groups in total. The van der Waals surface area contributed by atoms with Crippen LogP contribution >= 0.6 is 34.8 Å². The van der Waals surface area contributed by atoms with Crippen LogP contribution in [0.5, 0.6) is 11.9 Å². The molecule has 0 spiro atoms. The molecule has 0 saturated carbocycles. The standard InChI is InChI=1S/C17H11Cl3N6O2/c1-8-6-12(27)13-15(26(8)14-9(18)4-3-5-10(14)19)11(20)7-21-16(13)28-17-22-23-24-25(17)2/h3-7H,1-2H3. The van der Waals surface area contributed by atoms with E-state index in [0.29, 0.717) is 26.9 Å². The number of aryl methyl sites for hydroxylation is 2. The molecule has 0 bridgehead atoms. The lowest BCUT2D eigenvalue weighted by atomic mass is 10.2. The number of hydrogen-bond donors (Lipinski definition) is 0. The Hall–Kier alpha value is -2.68. The molecule has 0 amide bonds. The van der Waals surface area contributed by atoms with Crippen LogP contribution in [0.1, 0.15) is 5.69 Å². The molecule has 0 unspecified atom stereocenters. The normalized spacial score (nSPS) is 11.2. The Balaban J connectivity index is 2.09. The zero-order valence-electron chi connectivity index (χ0n) is 14.5. The van der Waals surface area contributed by atoms with Gasteiger partial charge in [-0.05, 0) is 29.5 Å². The van der Waals surface area contributed by atoms with Crippen LogP contribution in [0.3, 0.4) is 0 Å². The number of tetrazole rings is 1. The van der Waals surface area contributed by atoms with Crippen LogP contribution < -0.4 is 10.2 Å². The zero-order valence-corrected chi connectivity index (χ0v) is 16.8. The first-order chi connectivity index (χ1) is 13.4. The highest BCUT2D eigenvalue weighted by Crippen LogP contribution is 2.36. The summed E-state index contributed by atoms with van der Waals surface area (Å²) in [6.07, 6.45) is 1.38. The molecule has 3 aromatic heterocycles. The van der Waals surface area contributed by atoms with Crippen molar-refractivity contribution in [3.8, 4) is 17.6 Å². The number of halogens is 3. The van der Waals surface area contributed by atoms with Gasteiger partial charge in [0.1, 0.15) is 5.39 Å². The Morgan fingerprint density at radius 1 is 1.11 bits per heavy atom. The fraction of sp³-hybridized carbons (Fsp3) is 0.118. The van der Waals surface area contributed by atoms with Gasteiger partial charge in [0.05, 0.1) is 32.5 Å². The number of pyridine rings is 2. The first-order valence-corrected chi connectivity index (χ1v) is 9.07. The second kappa shape index (κ2) is 7.05. The Bertz CT molecular complexity index is 1260. The molecule has 3 heterocycles. The van der Waals surface area contributed by atoms with E-state index in [-0.39, 0.29) is 27.7 Å². The Kier molecular flexibility index (Phi) is 4.70. The molecule has 11 heteroatoms. The van der Waals surface area contributed by atoms with Gasteiger partial charge in [-0.1, -0.05) is 46.0 Å². The van der Waals surface area contributed by atoms with Crippen molar-refractivity contribution in [3.05, 3.63) is 61.4 Å². The smallest absolute Gasteiger partial charge is 0.342 e. The lowest BCUT2D eigenvalue weighted by molar-refractivity contribution is 0.404. The Morgan fingerprint density at radius 3 is 2.46 bits per heavy atom. The molecule has 28 heavy (non-hydrogen) atoms. The summed E-state index contributed by atoms with van der Waals surface area (Å²) in [4.78, 5) is 17.0. The van der Waals surface area contributed by atoms with Gasteiger partial charge in [0, 0.05) is 18.8 Å². The number of fused-ring (bicyclic) bond motifs is 1. The minimum absolute atomic E-state index is 0.0132. The summed E-state index contributed by atoms with van der Waals surface area (Å²) < 4.78 is 8.67. The quantitative estimate of drug-likeness (QED) is 0.482. The van der Waals surface area contributed by atoms with Gasteiger partial charge in [-0.2, -0.15) is 4.68 Å². The highest BCUT2D eigenvalue weighted by Gasteiger charge is 2.21. The summed E-state index contributed by atoms with van der Waals surface area (Å²) >= 11 is 19.2. The molecule has 8 nitrogen and oxygen atoms in total. The van der Waals surface area contributed by atoms with E-state index >= 15 is 0 Å². The SMILES string of the molecule is Cc1cc(=O)c2c(Oc3nnnn3C)ncc(Cl)c2n1-c1c(Cl)cccc1Cl. The minimum atomic E-state index is -0.327. The third kappa shape index (κ3) is 2.99. The number of benzene rings is 1. The number of hydrogen-bond acceptors (Lipinski definition) is 6. The summed E-state index contributed by atoms with van der Waals surface area (Å²) in [6.45, 7) is 1.75. The molecule has 0 atom stereocenters. The summed E-state index contributed by atoms with van der Waals surface area (Å²) in [7, 11) is 1.60. The van der Waals surface area contributed by atoms with Gasteiger partial charge in [0.15, 0.2) is 5.43 Å². The maximum atomic E-state index is 12.8. The van der Waals surface area contributed by atoms with Gasteiger partial charge in [-0.15, -0.1) is 0 Å². The maximum Gasteiger partial charge on any atom is 0.342 e. The minimum Gasteiger partial charge on any atom is -0.403 e. The number of aromatic nitrogens is 6. The maximum absolute atomic E-state index is 12.8. The molecule has 142 valence electrons. The van der Waals surface area contributed by atoms with Gasteiger partial charge in [0.25, 0.3) is 0 Å². The van der Waals surface area contributed by atoms with Crippen LogP contribution in [-0.2, 0) is 7.05 Å². The Labute approximate surface area is 173 Å². The zero-order chi connectivity index (χ0) is 20.0. The van der Waals surface area contributed by atoms with Gasteiger partial charge in [-0.3, -0.25) is 4.79 Å². The molecule has 1 aromatic carbocycles. The monoisotopic (exact) mass is 436 g/mol. The van der Waals surface area contributed by atoms with Crippen molar-refractivity contribution in [1.82, 2.24) is 29.8 Å². The summed E-state index contributed by atoms with van der Waals surface area (Å²) in [5, 5.41) is 12.1. The Morgan fingerprint density at radius 2 is 1.82 bits per heavy atom. The van der Waals surface area contributed by atoms with Crippen LogP contribution in [0.25, 0.3) is 16.6 Å². The predicted molar refractivity (Wildman–Crippen MR) is 106 cm³/mol. The van der Waals surface area contributed by atoms with E-state index in [0.717, 1.165) is 0 Å². The first kappa shape index (κ1) is 18.7. The molecule has 4 rings (SSSR count). The van der Waals surface area contributed by atoms with E-state index in [9.17, 15) is 4.79 Å². The van der Waals surface area contributed by atoms with Crippen molar-refractivity contribution in [2.45, 2.75) is 6.92 Å². The number of para-hydroxylation sites is 1. The topological polar surface area (TPSA) is 87.7 Å². The van der Waals surface area contributed by atoms with Crippen LogP contribution in [0.15, 0.2) is 35.3 Å². The first-order valence-electron chi connectivity index (χ1n) is 7.94. The van der Waals surface area contributed by atoms with Crippen LogP contribution in [-0.4, -0.2) is 29.8 Å². The van der Waals surface area contributed by atoms with Crippen LogP contribution in [0.4, 0.5) is 0 Å². The van der Waals surface area contributed by atoms with E-state index in [1.165, 1.54) is 16.9 Å². The molecule has 0 aliphatic rings. The average molecular weight is 438 g/mol.